The fourth-order valence-electron chi connectivity index (χ4n) is 3.75. The van der Waals surface area contributed by atoms with Gasteiger partial charge in [0.05, 0.1) is 0 Å². The summed E-state index contributed by atoms with van der Waals surface area (Å²) in [6.07, 6.45) is 3.65. The molecule has 0 radical (unpaired) electrons. The first-order chi connectivity index (χ1) is 10.7. The Balaban J connectivity index is 1.68. The lowest BCUT2D eigenvalue weighted by Crippen LogP contribution is -2.41. The number of nitrogens with one attached hydrogen (secondary N) is 1. The van der Waals surface area contributed by atoms with Gasteiger partial charge in [-0.15, -0.1) is 0 Å². The normalized spacial score (nSPS) is 18.3. The zero-order chi connectivity index (χ0) is 15.5. The van der Waals surface area contributed by atoms with E-state index in [2.05, 4.69) is 59.9 Å². The van der Waals surface area contributed by atoms with Gasteiger partial charge in [-0.25, -0.2) is 0 Å². The van der Waals surface area contributed by atoms with Crippen LogP contribution >= 0.6 is 0 Å². The van der Waals surface area contributed by atoms with Crippen LogP contribution in [0.5, 0.6) is 0 Å². The number of nitrogens with zero attached hydrogens (tertiary/aromatic N) is 2. The summed E-state index contributed by atoms with van der Waals surface area (Å²) in [5.74, 6) is 0. The van der Waals surface area contributed by atoms with Gasteiger partial charge in [-0.1, -0.05) is 32.0 Å². The van der Waals surface area contributed by atoms with Crippen LogP contribution in [0.3, 0.4) is 0 Å². The van der Waals surface area contributed by atoms with E-state index in [4.69, 9.17) is 0 Å². The molecule has 0 fully saturated rings. The molecule has 1 aliphatic carbocycles. The van der Waals surface area contributed by atoms with Crippen LogP contribution in [0, 0.1) is 0 Å². The molecule has 0 spiro atoms. The van der Waals surface area contributed by atoms with Crippen LogP contribution in [0.1, 0.15) is 31.5 Å². The summed E-state index contributed by atoms with van der Waals surface area (Å²) in [7, 11) is 2.30. The van der Waals surface area contributed by atoms with Gasteiger partial charge in [0.1, 0.15) is 0 Å². The van der Waals surface area contributed by atoms with Gasteiger partial charge in [-0.2, -0.15) is 0 Å². The van der Waals surface area contributed by atoms with Crippen molar-refractivity contribution in [1.82, 2.24) is 14.8 Å². The fourth-order valence-corrected chi connectivity index (χ4v) is 3.75. The largest absolute Gasteiger partial charge is 0.358 e. The van der Waals surface area contributed by atoms with Crippen LogP contribution in [-0.2, 0) is 12.8 Å². The summed E-state index contributed by atoms with van der Waals surface area (Å²) in [4.78, 5) is 8.70. The Bertz CT molecular complexity index is 612. The van der Waals surface area contributed by atoms with Gasteiger partial charge in [-0.3, -0.25) is 0 Å². The van der Waals surface area contributed by atoms with Gasteiger partial charge in [0.15, 0.2) is 0 Å². The zero-order valence-electron chi connectivity index (χ0n) is 14.2. The molecule has 1 N–H and O–H groups in total. The van der Waals surface area contributed by atoms with Crippen molar-refractivity contribution in [3.63, 3.8) is 0 Å². The second kappa shape index (κ2) is 6.84. The molecule has 1 aromatic heterocycles. The molecule has 1 heterocycles. The lowest BCUT2D eigenvalue weighted by Gasteiger charge is -2.33. The van der Waals surface area contributed by atoms with Crippen LogP contribution in [-0.4, -0.2) is 54.1 Å². The smallest absolute Gasteiger partial charge is 0.0458 e. The molecule has 120 valence electrons. The van der Waals surface area contributed by atoms with Crippen molar-refractivity contribution >= 4 is 10.9 Å². The number of aromatic amines is 1. The Morgan fingerprint density at radius 3 is 2.68 bits per heavy atom. The average Bonchev–Trinajstić information content (AvgIpc) is 2.93. The maximum atomic E-state index is 3.62. The summed E-state index contributed by atoms with van der Waals surface area (Å²) in [6.45, 7) is 9.17. The summed E-state index contributed by atoms with van der Waals surface area (Å²) in [5.41, 5.74) is 4.33. The van der Waals surface area contributed by atoms with E-state index in [-0.39, 0.29) is 0 Å². The van der Waals surface area contributed by atoms with Crippen LogP contribution < -0.4 is 0 Å². The van der Waals surface area contributed by atoms with Crippen molar-refractivity contribution in [3.05, 3.63) is 35.5 Å². The van der Waals surface area contributed by atoms with E-state index in [1.54, 1.807) is 5.56 Å². The minimum atomic E-state index is 0.683. The van der Waals surface area contributed by atoms with E-state index in [1.165, 1.54) is 48.9 Å². The molecule has 3 heteroatoms. The van der Waals surface area contributed by atoms with Crippen molar-refractivity contribution in [2.75, 3.05) is 33.2 Å². The number of aryl methyl sites for hydroxylation is 1. The third-order valence-electron chi connectivity index (χ3n) is 5.36. The molecule has 1 aliphatic rings. The molecule has 22 heavy (non-hydrogen) atoms. The summed E-state index contributed by atoms with van der Waals surface area (Å²) in [6, 6.07) is 9.43. The van der Waals surface area contributed by atoms with Crippen molar-refractivity contribution in [2.45, 2.75) is 39.2 Å². The molecule has 0 saturated carbocycles. The van der Waals surface area contributed by atoms with Gasteiger partial charge in [0.2, 0.25) is 0 Å². The number of hydrogen-bond acceptors (Lipinski definition) is 2. The minimum Gasteiger partial charge on any atom is -0.358 e. The van der Waals surface area contributed by atoms with Crippen molar-refractivity contribution in [2.24, 2.45) is 0 Å². The van der Waals surface area contributed by atoms with E-state index in [1.807, 2.05) is 0 Å². The predicted octanol–water partition coefficient (Wildman–Crippen LogP) is 3.30. The molecule has 0 bridgehead atoms. The molecule has 1 atom stereocenters. The first kappa shape index (κ1) is 15.6. The molecule has 0 amide bonds. The topological polar surface area (TPSA) is 22.3 Å². The standard InChI is InChI=1S/C19H29N3/c1-4-22(5-2)13-12-21(3)15-10-11-19-17(14-15)16-8-6-7-9-18(16)20-19/h6-9,15,20H,4-5,10-14H2,1-3H3. The minimum absolute atomic E-state index is 0.683. The Morgan fingerprint density at radius 2 is 1.91 bits per heavy atom. The third kappa shape index (κ3) is 3.06. The quantitative estimate of drug-likeness (QED) is 0.884. The number of rotatable bonds is 6. The number of benzene rings is 1. The predicted molar refractivity (Wildman–Crippen MR) is 94.5 cm³/mol. The number of likely N-dealkylation sites (N-methyl/N-ethyl adjacent to an activating group) is 2. The second-order valence-corrected chi connectivity index (χ2v) is 6.53. The van der Waals surface area contributed by atoms with Crippen molar-refractivity contribution in [3.8, 4) is 0 Å². The van der Waals surface area contributed by atoms with E-state index < -0.39 is 0 Å². The first-order valence-corrected chi connectivity index (χ1v) is 8.74. The van der Waals surface area contributed by atoms with E-state index in [0.717, 1.165) is 13.1 Å². The van der Waals surface area contributed by atoms with E-state index >= 15 is 0 Å². The zero-order valence-corrected chi connectivity index (χ0v) is 14.2. The Kier molecular flexibility index (Phi) is 4.84. The van der Waals surface area contributed by atoms with Gasteiger partial charge < -0.3 is 14.8 Å². The highest BCUT2D eigenvalue weighted by atomic mass is 15.2. The molecule has 3 nitrogen and oxygen atoms in total. The SMILES string of the molecule is CCN(CC)CCN(C)C1CCc2[nH]c3ccccc3c2C1. The summed E-state index contributed by atoms with van der Waals surface area (Å²) in [5, 5.41) is 1.43. The van der Waals surface area contributed by atoms with Crippen molar-refractivity contribution in [1.29, 1.82) is 0 Å². The number of fused-ring (bicyclic) bond motifs is 3. The lowest BCUT2D eigenvalue weighted by molar-refractivity contribution is 0.184. The molecule has 1 aromatic carbocycles. The first-order valence-electron chi connectivity index (χ1n) is 8.74. The maximum Gasteiger partial charge on any atom is 0.0458 e. The highest BCUT2D eigenvalue weighted by Gasteiger charge is 2.25. The molecule has 0 aliphatic heterocycles. The van der Waals surface area contributed by atoms with Crippen molar-refractivity contribution < 1.29 is 0 Å². The monoisotopic (exact) mass is 299 g/mol. The fraction of sp³-hybridized carbons (Fsp3) is 0.579. The van der Waals surface area contributed by atoms with Gasteiger partial charge in [0, 0.05) is 35.7 Å². The Labute approximate surface area is 134 Å². The van der Waals surface area contributed by atoms with Gasteiger partial charge >= 0.3 is 0 Å². The Hall–Kier alpha value is -1.32. The Morgan fingerprint density at radius 1 is 1.14 bits per heavy atom. The van der Waals surface area contributed by atoms with Crippen LogP contribution in [0.25, 0.3) is 10.9 Å². The van der Waals surface area contributed by atoms with E-state index in [0.29, 0.717) is 6.04 Å². The van der Waals surface area contributed by atoms with Crippen LogP contribution in [0.4, 0.5) is 0 Å². The molecule has 0 saturated heterocycles. The molecular weight excluding hydrogens is 270 g/mol. The number of H-pyrrole nitrogens is 1. The summed E-state index contributed by atoms with van der Waals surface area (Å²) >= 11 is 0. The van der Waals surface area contributed by atoms with E-state index in [9.17, 15) is 0 Å². The molecule has 2 aromatic rings. The maximum absolute atomic E-state index is 3.62. The highest BCUT2D eigenvalue weighted by Crippen LogP contribution is 2.30. The number of aromatic nitrogens is 1. The second-order valence-electron chi connectivity index (χ2n) is 6.53. The average molecular weight is 299 g/mol. The van der Waals surface area contributed by atoms with Crippen LogP contribution in [0.2, 0.25) is 0 Å². The highest BCUT2D eigenvalue weighted by molar-refractivity contribution is 5.84. The third-order valence-corrected chi connectivity index (χ3v) is 5.36. The van der Waals surface area contributed by atoms with Crippen LogP contribution in [0.15, 0.2) is 24.3 Å². The molecule has 1 unspecified atom stereocenters. The lowest BCUT2D eigenvalue weighted by atomic mass is 9.90. The number of hydrogen-bond donors (Lipinski definition) is 1. The van der Waals surface area contributed by atoms with Gasteiger partial charge in [-0.05, 0) is 51.0 Å². The molecule has 3 rings (SSSR count). The van der Waals surface area contributed by atoms with Gasteiger partial charge in [0.25, 0.3) is 0 Å². The summed E-state index contributed by atoms with van der Waals surface area (Å²) < 4.78 is 0. The molecular formula is C19H29N3. The number of para-hydroxylation sites is 1.